The lowest BCUT2D eigenvalue weighted by molar-refractivity contribution is 0.252. The molecule has 5 nitrogen and oxygen atoms in total. The van der Waals surface area contributed by atoms with Gasteiger partial charge in [0.25, 0.3) is 0 Å². The lowest BCUT2D eigenvalue weighted by Gasteiger charge is -2.05. The van der Waals surface area contributed by atoms with Crippen molar-refractivity contribution in [3.05, 3.63) is 72.2 Å². The molecule has 130 valence electrons. The molecule has 1 aliphatic heterocycles. The van der Waals surface area contributed by atoms with Gasteiger partial charge in [0.2, 0.25) is 0 Å². The van der Waals surface area contributed by atoms with Crippen LogP contribution < -0.4 is 16.1 Å². The van der Waals surface area contributed by atoms with Crippen molar-refractivity contribution in [2.24, 2.45) is 0 Å². The van der Waals surface area contributed by atoms with Crippen molar-refractivity contribution in [1.82, 2.24) is 21.1 Å². The molecule has 0 saturated heterocycles. The van der Waals surface area contributed by atoms with Crippen molar-refractivity contribution >= 4 is 23.4 Å². The molecule has 2 aromatic rings. The summed E-state index contributed by atoms with van der Waals surface area (Å²) in [7, 11) is 1.88. The highest BCUT2D eigenvalue weighted by molar-refractivity contribution is 7.96. The Morgan fingerprint density at radius 3 is 3.16 bits per heavy atom. The molecule has 25 heavy (non-hydrogen) atoms. The first-order valence-corrected chi connectivity index (χ1v) is 9.46. The summed E-state index contributed by atoms with van der Waals surface area (Å²) >= 11 is 2.99. The van der Waals surface area contributed by atoms with Crippen LogP contribution in [0.5, 0.6) is 0 Å². The van der Waals surface area contributed by atoms with Crippen LogP contribution in [-0.2, 0) is 4.28 Å². The highest BCUT2D eigenvalue weighted by atomic mass is 32.2. The summed E-state index contributed by atoms with van der Waals surface area (Å²) in [6.07, 6.45) is 9.81. The van der Waals surface area contributed by atoms with E-state index in [1.54, 1.807) is 17.5 Å². The number of nitrogens with zero attached hydrogens (tertiary/aromatic N) is 1. The number of hydrogen-bond acceptors (Lipinski definition) is 7. The number of rotatable bonds is 8. The summed E-state index contributed by atoms with van der Waals surface area (Å²) in [6.45, 7) is 1.49. The summed E-state index contributed by atoms with van der Waals surface area (Å²) in [5.74, 6) is 0. The molecule has 3 rings (SSSR count). The van der Waals surface area contributed by atoms with Crippen LogP contribution in [0.2, 0.25) is 0 Å². The van der Waals surface area contributed by atoms with Gasteiger partial charge in [0.05, 0.1) is 26.8 Å². The summed E-state index contributed by atoms with van der Waals surface area (Å²) < 4.78 is 6.62. The van der Waals surface area contributed by atoms with Crippen molar-refractivity contribution in [3.63, 3.8) is 0 Å². The number of hydroxylamine groups is 1. The second-order valence-corrected chi connectivity index (χ2v) is 7.33. The summed E-state index contributed by atoms with van der Waals surface area (Å²) in [5, 5.41) is 6.22. The lowest BCUT2D eigenvalue weighted by atomic mass is 10.1. The molecule has 3 N–H and O–H groups in total. The molecule has 0 radical (unpaired) electrons. The van der Waals surface area contributed by atoms with Gasteiger partial charge < -0.3 is 10.6 Å². The second-order valence-electron chi connectivity index (χ2n) is 5.21. The fourth-order valence-corrected chi connectivity index (χ4v) is 3.82. The molecule has 3 heterocycles. The number of pyridine rings is 1. The van der Waals surface area contributed by atoms with Crippen molar-refractivity contribution in [1.29, 1.82) is 0 Å². The van der Waals surface area contributed by atoms with Crippen LogP contribution in [0.3, 0.4) is 0 Å². The number of allylic oxidation sites excluding steroid dienone is 2. The van der Waals surface area contributed by atoms with E-state index in [1.807, 2.05) is 49.8 Å². The van der Waals surface area contributed by atoms with E-state index in [0.717, 1.165) is 21.3 Å². The van der Waals surface area contributed by atoms with E-state index in [9.17, 15) is 0 Å². The molecule has 0 bridgehead atoms. The van der Waals surface area contributed by atoms with Gasteiger partial charge in [-0.2, -0.15) is 5.48 Å². The first-order valence-electron chi connectivity index (χ1n) is 7.90. The van der Waals surface area contributed by atoms with Gasteiger partial charge in [-0.05, 0) is 47.7 Å². The number of nitrogens with one attached hydrogen (secondary N) is 3. The summed E-state index contributed by atoms with van der Waals surface area (Å²) in [5.41, 5.74) is 6.44. The van der Waals surface area contributed by atoms with Gasteiger partial charge in [-0.25, -0.2) is 4.28 Å². The molecular weight excluding hydrogens is 352 g/mol. The first-order chi connectivity index (χ1) is 12.4. The van der Waals surface area contributed by atoms with Crippen molar-refractivity contribution < 1.29 is 4.28 Å². The Hall–Kier alpha value is -2.06. The van der Waals surface area contributed by atoms with Gasteiger partial charge in [-0.1, -0.05) is 12.1 Å². The van der Waals surface area contributed by atoms with Gasteiger partial charge in [0.15, 0.2) is 0 Å². The Labute approximate surface area is 156 Å². The Kier molecular flexibility index (Phi) is 6.70. The fraction of sp³-hybridized carbons (Fsp3) is 0.167. The monoisotopic (exact) mass is 372 g/mol. The van der Waals surface area contributed by atoms with Gasteiger partial charge in [0, 0.05) is 32.5 Å². The smallest absolute Gasteiger partial charge is 0.0903 e. The lowest BCUT2D eigenvalue weighted by Crippen LogP contribution is -2.14. The first kappa shape index (κ1) is 17.8. The van der Waals surface area contributed by atoms with E-state index in [0.29, 0.717) is 6.54 Å². The van der Waals surface area contributed by atoms with E-state index >= 15 is 0 Å². The molecule has 0 saturated carbocycles. The van der Waals surface area contributed by atoms with Gasteiger partial charge >= 0.3 is 0 Å². The van der Waals surface area contributed by atoms with E-state index in [-0.39, 0.29) is 0 Å². The minimum atomic E-state index is 0.650. The molecule has 2 aromatic heterocycles. The van der Waals surface area contributed by atoms with Gasteiger partial charge in [-0.15, -0.1) is 11.3 Å². The highest BCUT2D eigenvalue weighted by Crippen LogP contribution is 2.32. The molecule has 1 aliphatic rings. The maximum absolute atomic E-state index is 5.54. The molecule has 0 unspecified atom stereocenters. The average Bonchev–Trinajstić information content (AvgIpc) is 3.29. The minimum Gasteiger partial charge on any atom is -0.394 e. The maximum atomic E-state index is 5.54. The van der Waals surface area contributed by atoms with E-state index in [1.165, 1.54) is 23.2 Å². The van der Waals surface area contributed by atoms with E-state index in [2.05, 4.69) is 33.2 Å². The fourth-order valence-electron chi connectivity index (χ4n) is 2.27. The number of thiophene rings is 1. The molecule has 0 atom stereocenters. The van der Waals surface area contributed by atoms with E-state index < -0.39 is 0 Å². The quantitative estimate of drug-likeness (QED) is 0.375. The third-order valence-corrected chi connectivity index (χ3v) is 5.34. The zero-order chi connectivity index (χ0) is 17.3. The number of aromatic nitrogens is 1. The van der Waals surface area contributed by atoms with Crippen LogP contribution in [0.1, 0.15) is 0 Å². The number of hydrogen-bond donors (Lipinski definition) is 3. The molecule has 7 heteroatoms. The zero-order valence-electron chi connectivity index (χ0n) is 13.9. The second kappa shape index (κ2) is 9.43. The SMILES string of the molecule is CN/C=C\C=C1/CNC=C1CNOSc1ccc(-c2ccccn2)s1. The molecule has 0 spiro atoms. The summed E-state index contributed by atoms with van der Waals surface area (Å²) in [6, 6.07) is 10.0. The van der Waals surface area contributed by atoms with Crippen LogP contribution in [0.25, 0.3) is 10.6 Å². The standard InChI is InChI=1S/C18H20N4OS2/c1-19-9-4-5-14-11-20-12-15(14)13-22-23-25-18-8-7-17(24-18)16-6-2-3-10-21-16/h2-10,12,19-20,22H,11,13H2,1H3/b9-4-,14-5+. The molecule has 0 amide bonds. The van der Waals surface area contributed by atoms with Gasteiger partial charge in [-0.3, -0.25) is 4.98 Å². The van der Waals surface area contributed by atoms with Crippen LogP contribution >= 0.6 is 23.4 Å². The van der Waals surface area contributed by atoms with Crippen molar-refractivity contribution in [2.45, 2.75) is 4.21 Å². The Morgan fingerprint density at radius 2 is 2.32 bits per heavy atom. The topological polar surface area (TPSA) is 58.2 Å². The summed E-state index contributed by atoms with van der Waals surface area (Å²) in [4.78, 5) is 5.50. The molecule has 0 fully saturated rings. The van der Waals surface area contributed by atoms with Crippen LogP contribution in [0.15, 0.2) is 76.4 Å². The largest absolute Gasteiger partial charge is 0.394 e. The third-order valence-electron chi connectivity index (χ3n) is 3.49. The average molecular weight is 373 g/mol. The molecule has 0 aliphatic carbocycles. The third kappa shape index (κ3) is 5.20. The normalized spacial score (nSPS) is 15.6. The molecule has 0 aromatic carbocycles. The van der Waals surface area contributed by atoms with Crippen molar-refractivity contribution in [3.8, 4) is 10.6 Å². The Balaban J connectivity index is 1.45. The Morgan fingerprint density at radius 1 is 1.36 bits per heavy atom. The van der Waals surface area contributed by atoms with Gasteiger partial charge in [0.1, 0.15) is 0 Å². The van der Waals surface area contributed by atoms with E-state index in [4.69, 9.17) is 4.28 Å². The minimum absolute atomic E-state index is 0.650. The highest BCUT2D eigenvalue weighted by Gasteiger charge is 2.10. The molecular formula is C18H20N4OS2. The predicted molar refractivity (Wildman–Crippen MR) is 105 cm³/mol. The van der Waals surface area contributed by atoms with Crippen molar-refractivity contribution in [2.75, 3.05) is 20.1 Å². The Bertz CT molecular complexity index is 768. The van der Waals surface area contributed by atoms with Crippen LogP contribution in [-0.4, -0.2) is 25.1 Å². The zero-order valence-corrected chi connectivity index (χ0v) is 15.5. The van der Waals surface area contributed by atoms with Crippen LogP contribution in [0.4, 0.5) is 0 Å². The predicted octanol–water partition coefficient (Wildman–Crippen LogP) is 3.49. The van der Waals surface area contributed by atoms with Crippen LogP contribution in [0, 0.1) is 0 Å². The maximum Gasteiger partial charge on any atom is 0.0903 e.